The average Bonchev–Trinajstić information content (AvgIpc) is 2.09. The van der Waals surface area contributed by atoms with E-state index in [-0.39, 0.29) is 0 Å². The van der Waals surface area contributed by atoms with Crippen molar-refractivity contribution in [3.8, 4) is 0 Å². The molecule has 0 aromatic heterocycles. The summed E-state index contributed by atoms with van der Waals surface area (Å²) in [5.74, 6) is 0.898. The van der Waals surface area contributed by atoms with Gasteiger partial charge in [0, 0.05) is 22.8 Å². The molecule has 0 aliphatic heterocycles. The SMILES string of the molecule is CCCCCCCCCC[S@@](C)=O. The van der Waals surface area contributed by atoms with Gasteiger partial charge in [-0.2, -0.15) is 0 Å². The highest BCUT2D eigenvalue weighted by Gasteiger charge is 1.93. The van der Waals surface area contributed by atoms with Crippen LogP contribution in [0.15, 0.2) is 0 Å². The Balaban J connectivity index is 2.87. The van der Waals surface area contributed by atoms with Crippen molar-refractivity contribution in [2.24, 2.45) is 0 Å². The van der Waals surface area contributed by atoms with Crippen molar-refractivity contribution in [1.82, 2.24) is 0 Å². The smallest absolute Gasteiger partial charge is 0.0232 e. The van der Waals surface area contributed by atoms with Crippen LogP contribution in [-0.2, 0) is 10.8 Å². The molecule has 0 aliphatic rings. The molecule has 0 aliphatic carbocycles. The summed E-state index contributed by atoms with van der Waals surface area (Å²) in [6, 6.07) is 0. The second kappa shape index (κ2) is 10.2. The highest BCUT2D eigenvalue weighted by atomic mass is 32.2. The maximum atomic E-state index is 10.7. The molecular weight excluding hydrogens is 180 g/mol. The minimum Gasteiger partial charge on any atom is -0.260 e. The molecule has 0 N–H and O–H groups in total. The summed E-state index contributed by atoms with van der Waals surface area (Å²) in [7, 11) is -0.576. The molecule has 0 aromatic carbocycles. The first-order valence-electron chi connectivity index (χ1n) is 5.57. The van der Waals surface area contributed by atoms with E-state index in [1.54, 1.807) is 6.26 Å². The molecule has 0 rings (SSSR count). The molecule has 0 saturated heterocycles. The van der Waals surface area contributed by atoms with Crippen molar-refractivity contribution < 1.29 is 4.21 Å². The van der Waals surface area contributed by atoms with E-state index in [1.165, 1.54) is 44.9 Å². The first-order chi connectivity index (χ1) is 6.27. The van der Waals surface area contributed by atoms with E-state index in [0.717, 1.165) is 12.2 Å². The molecule has 0 unspecified atom stereocenters. The minimum atomic E-state index is -0.576. The van der Waals surface area contributed by atoms with Gasteiger partial charge in [0.15, 0.2) is 0 Å². The van der Waals surface area contributed by atoms with Gasteiger partial charge in [0.05, 0.1) is 0 Å². The Morgan fingerprint density at radius 2 is 1.31 bits per heavy atom. The molecule has 1 atom stereocenters. The minimum absolute atomic E-state index is 0.576. The van der Waals surface area contributed by atoms with Gasteiger partial charge in [0.25, 0.3) is 0 Å². The van der Waals surface area contributed by atoms with Crippen LogP contribution in [0.4, 0.5) is 0 Å². The molecular formula is C11H24OS. The zero-order valence-corrected chi connectivity index (χ0v) is 10.00. The third kappa shape index (κ3) is 12.1. The normalized spacial score (nSPS) is 13.1. The van der Waals surface area contributed by atoms with Crippen molar-refractivity contribution in [2.75, 3.05) is 12.0 Å². The predicted molar refractivity (Wildman–Crippen MR) is 61.5 cm³/mol. The van der Waals surface area contributed by atoms with Gasteiger partial charge < -0.3 is 0 Å². The summed E-state index contributed by atoms with van der Waals surface area (Å²) >= 11 is 0. The number of unbranched alkanes of at least 4 members (excludes halogenated alkanes) is 7. The lowest BCUT2D eigenvalue weighted by Crippen LogP contribution is -1.93. The molecule has 0 saturated carbocycles. The summed E-state index contributed by atoms with van der Waals surface area (Å²) in [6.07, 6.45) is 12.4. The zero-order chi connectivity index (χ0) is 9.94. The molecule has 80 valence electrons. The van der Waals surface area contributed by atoms with Crippen LogP contribution in [-0.4, -0.2) is 16.2 Å². The molecule has 0 fully saturated rings. The third-order valence-electron chi connectivity index (χ3n) is 2.29. The van der Waals surface area contributed by atoms with Gasteiger partial charge in [0.2, 0.25) is 0 Å². The van der Waals surface area contributed by atoms with Crippen molar-refractivity contribution in [3.63, 3.8) is 0 Å². The van der Waals surface area contributed by atoms with Crippen LogP contribution >= 0.6 is 0 Å². The molecule has 0 spiro atoms. The summed E-state index contributed by atoms with van der Waals surface area (Å²) in [5.41, 5.74) is 0. The Bertz CT molecular complexity index is 123. The van der Waals surface area contributed by atoms with Gasteiger partial charge in [-0.25, -0.2) is 0 Å². The second-order valence-corrected chi connectivity index (χ2v) is 5.31. The topological polar surface area (TPSA) is 17.1 Å². The van der Waals surface area contributed by atoms with E-state index in [9.17, 15) is 4.21 Å². The maximum absolute atomic E-state index is 10.7. The van der Waals surface area contributed by atoms with Crippen LogP contribution in [0.2, 0.25) is 0 Å². The Labute approximate surface area is 85.8 Å². The highest BCUT2D eigenvalue weighted by Crippen LogP contribution is 2.08. The van der Waals surface area contributed by atoms with Crippen molar-refractivity contribution in [2.45, 2.75) is 58.3 Å². The molecule has 0 aromatic rings. The summed E-state index contributed by atoms with van der Waals surface area (Å²) in [4.78, 5) is 0. The van der Waals surface area contributed by atoms with E-state index in [0.29, 0.717) is 0 Å². The van der Waals surface area contributed by atoms with E-state index in [1.807, 2.05) is 0 Å². The largest absolute Gasteiger partial charge is 0.260 e. The Morgan fingerprint density at radius 1 is 0.846 bits per heavy atom. The Hall–Kier alpha value is 0.150. The van der Waals surface area contributed by atoms with Crippen LogP contribution in [0, 0.1) is 0 Å². The van der Waals surface area contributed by atoms with Crippen molar-refractivity contribution in [3.05, 3.63) is 0 Å². The molecule has 1 nitrogen and oxygen atoms in total. The lowest BCUT2D eigenvalue weighted by atomic mass is 10.1. The van der Waals surface area contributed by atoms with Crippen LogP contribution in [0.1, 0.15) is 58.3 Å². The van der Waals surface area contributed by atoms with Gasteiger partial charge >= 0.3 is 0 Å². The quantitative estimate of drug-likeness (QED) is 0.525. The predicted octanol–water partition coefficient (Wildman–Crippen LogP) is 3.51. The zero-order valence-electron chi connectivity index (χ0n) is 9.18. The van der Waals surface area contributed by atoms with E-state index in [2.05, 4.69) is 6.92 Å². The lowest BCUT2D eigenvalue weighted by molar-refractivity contribution is 0.585. The molecule has 2 heteroatoms. The lowest BCUT2D eigenvalue weighted by Gasteiger charge is -2.00. The number of rotatable bonds is 9. The standard InChI is InChI=1S/C11H24OS/c1-3-4-5-6-7-8-9-10-11-13(2)12/h3-11H2,1-2H3/t13-/m1/s1. The van der Waals surface area contributed by atoms with E-state index >= 15 is 0 Å². The van der Waals surface area contributed by atoms with Gasteiger partial charge in [-0.05, 0) is 6.42 Å². The van der Waals surface area contributed by atoms with Gasteiger partial charge in [-0.15, -0.1) is 0 Å². The fourth-order valence-electron chi connectivity index (χ4n) is 1.44. The highest BCUT2D eigenvalue weighted by molar-refractivity contribution is 7.84. The fraction of sp³-hybridized carbons (Fsp3) is 1.00. The summed E-state index contributed by atoms with van der Waals surface area (Å²) in [6.45, 7) is 2.25. The average molecular weight is 204 g/mol. The van der Waals surface area contributed by atoms with Gasteiger partial charge in [0.1, 0.15) is 0 Å². The number of hydrogen-bond donors (Lipinski definition) is 0. The maximum Gasteiger partial charge on any atom is 0.0232 e. The van der Waals surface area contributed by atoms with Crippen LogP contribution in [0.3, 0.4) is 0 Å². The fourth-order valence-corrected chi connectivity index (χ4v) is 2.05. The third-order valence-corrected chi connectivity index (χ3v) is 3.15. The van der Waals surface area contributed by atoms with Crippen LogP contribution in [0.5, 0.6) is 0 Å². The molecule has 13 heavy (non-hydrogen) atoms. The first kappa shape index (κ1) is 13.2. The first-order valence-corrected chi connectivity index (χ1v) is 7.30. The molecule has 0 radical (unpaired) electrons. The second-order valence-electron chi connectivity index (χ2n) is 3.75. The van der Waals surface area contributed by atoms with Crippen molar-refractivity contribution in [1.29, 1.82) is 0 Å². The van der Waals surface area contributed by atoms with E-state index < -0.39 is 10.8 Å². The molecule has 0 bridgehead atoms. The number of hydrogen-bond acceptors (Lipinski definition) is 1. The summed E-state index contributed by atoms with van der Waals surface area (Å²) in [5, 5.41) is 0. The Kier molecular flexibility index (Phi) is 10.4. The molecule has 0 heterocycles. The van der Waals surface area contributed by atoms with Gasteiger partial charge in [-0.3, -0.25) is 4.21 Å². The van der Waals surface area contributed by atoms with Crippen LogP contribution < -0.4 is 0 Å². The Morgan fingerprint density at radius 3 is 1.77 bits per heavy atom. The van der Waals surface area contributed by atoms with E-state index in [4.69, 9.17) is 0 Å². The monoisotopic (exact) mass is 204 g/mol. The van der Waals surface area contributed by atoms with Gasteiger partial charge in [-0.1, -0.05) is 51.9 Å². The summed E-state index contributed by atoms with van der Waals surface area (Å²) < 4.78 is 10.7. The van der Waals surface area contributed by atoms with Crippen molar-refractivity contribution >= 4 is 10.8 Å². The van der Waals surface area contributed by atoms with Crippen LogP contribution in [0.25, 0.3) is 0 Å². The molecule has 0 amide bonds.